The molecule has 1 saturated heterocycles. The lowest BCUT2D eigenvalue weighted by Crippen LogP contribution is -2.04. The highest BCUT2D eigenvalue weighted by atomic mass is 16.6. The van der Waals surface area contributed by atoms with E-state index in [4.69, 9.17) is 9.47 Å². The zero-order chi connectivity index (χ0) is 7.45. The molecule has 0 amide bonds. The molecule has 1 unspecified atom stereocenters. The molecule has 0 saturated carbocycles. The largest absolute Gasteiger partial charge is 0.502 e. The Hall–Kier alpha value is -0.500. The average Bonchev–Trinajstić information content (AvgIpc) is 2.62. The van der Waals surface area contributed by atoms with Crippen molar-refractivity contribution in [1.82, 2.24) is 0 Å². The van der Waals surface area contributed by atoms with Crippen LogP contribution in [0.4, 0.5) is 0 Å². The van der Waals surface area contributed by atoms with Crippen LogP contribution in [0.2, 0.25) is 0 Å². The summed E-state index contributed by atoms with van der Waals surface area (Å²) in [6.07, 6.45) is 3.64. The first kappa shape index (κ1) is 7.61. The summed E-state index contributed by atoms with van der Waals surface area (Å²) < 4.78 is 10.2. The van der Waals surface area contributed by atoms with Gasteiger partial charge >= 0.3 is 0 Å². The third kappa shape index (κ3) is 2.40. The van der Waals surface area contributed by atoms with E-state index in [0.717, 1.165) is 26.1 Å². The Morgan fingerprint density at radius 1 is 1.80 bits per heavy atom. The van der Waals surface area contributed by atoms with Crippen LogP contribution in [0.15, 0.2) is 12.8 Å². The van der Waals surface area contributed by atoms with Crippen LogP contribution in [0.5, 0.6) is 0 Å². The van der Waals surface area contributed by atoms with Gasteiger partial charge in [-0.3, -0.25) is 0 Å². The molecular weight excluding hydrogens is 128 g/mol. The van der Waals surface area contributed by atoms with E-state index in [1.165, 1.54) is 6.26 Å². The summed E-state index contributed by atoms with van der Waals surface area (Å²) in [6, 6.07) is 0. The van der Waals surface area contributed by atoms with Crippen LogP contribution in [0, 0.1) is 0 Å². The van der Waals surface area contributed by atoms with Gasteiger partial charge in [0.25, 0.3) is 0 Å². The standard InChI is InChI=1S/C8H14O2/c1-3-9-6-4-5-8(2)7-10-8/h3H,1,4-7H2,2H3. The normalized spacial score (nSPS) is 29.7. The minimum atomic E-state index is 0.185. The first-order valence-electron chi connectivity index (χ1n) is 3.63. The van der Waals surface area contributed by atoms with Gasteiger partial charge in [0, 0.05) is 0 Å². The molecule has 0 radical (unpaired) electrons. The van der Waals surface area contributed by atoms with Gasteiger partial charge in [0.15, 0.2) is 0 Å². The minimum Gasteiger partial charge on any atom is -0.502 e. The number of ether oxygens (including phenoxy) is 2. The van der Waals surface area contributed by atoms with Crippen molar-refractivity contribution in [3.8, 4) is 0 Å². The number of hydrogen-bond acceptors (Lipinski definition) is 2. The van der Waals surface area contributed by atoms with E-state index in [1.807, 2.05) is 0 Å². The summed E-state index contributed by atoms with van der Waals surface area (Å²) in [5, 5.41) is 0. The predicted octanol–water partition coefficient (Wildman–Crippen LogP) is 1.72. The molecule has 0 aliphatic carbocycles. The van der Waals surface area contributed by atoms with Gasteiger partial charge in [-0.15, -0.1) is 0 Å². The molecule has 0 bridgehead atoms. The maximum atomic E-state index is 5.19. The molecule has 2 nitrogen and oxygen atoms in total. The SMILES string of the molecule is C=COCCCC1(C)CO1. The fraction of sp³-hybridized carbons (Fsp3) is 0.750. The molecule has 1 aliphatic rings. The smallest absolute Gasteiger partial charge is 0.0889 e. The van der Waals surface area contributed by atoms with Crippen molar-refractivity contribution in [2.45, 2.75) is 25.4 Å². The Kier molecular flexibility index (Phi) is 2.33. The lowest BCUT2D eigenvalue weighted by molar-refractivity contribution is 0.221. The van der Waals surface area contributed by atoms with E-state index in [1.54, 1.807) is 0 Å². The molecule has 10 heavy (non-hydrogen) atoms. The second-order valence-electron chi connectivity index (χ2n) is 2.88. The Morgan fingerprint density at radius 3 is 3.00 bits per heavy atom. The molecule has 1 aliphatic heterocycles. The quantitative estimate of drug-likeness (QED) is 0.331. The van der Waals surface area contributed by atoms with Crippen LogP contribution in [0.3, 0.4) is 0 Å². The Balaban J connectivity index is 1.90. The predicted molar refractivity (Wildman–Crippen MR) is 39.7 cm³/mol. The number of hydrogen-bond donors (Lipinski definition) is 0. The van der Waals surface area contributed by atoms with Crippen LogP contribution in [0.25, 0.3) is 0 Å². The van der Waals surface area contributed by atoms with Crippen LogP contribution in [-0.2, 0) is 9.47 Å². The molecule has 0 spiro atoms. The Bertz CT molecular complexity index is 116. The topological polar surface area (TPSA) is 21.8 Å². The molecule has 1 rings (SSSR count). The summed E-state index contributed by atoms with van der Waals surface area (Å²) >= 11 is 0. The lowest BCUT2D eigenvalue weighted by Gasteiger charge is -2.03. The molecular formula is C8H14O2. The second kappa shape index (κ2) is 3.06. The summed E-state index contributed by atoms with van der Waals surface area (Å²) in [7, 11) is 0. The van der Waals surface area contributed by atoms with Crippen molar-refractivity contribution in [3.63, 3.8) is 0 Å². The molecule has 2 heteroatoms. The van der Waals surface area contributed by atoms with E-state index in [2.05, 4.69) is 13.5 Å². The van der Waals surface area contributed by atoms with Crippen molar-refractivity contribution in [2.75, 3.05) is 13.2 Å². The zero-order valence-electron chi connectivity index (χ0n) is 6.43. The summed E-state index contributed by atoms with van der Waals surface area (Å²) in [5.41, 5.74) is 0.185. The molecule has 0 N–H and O–H groups in total. The van der Waals surface area contributed by atoms with E-state index in [-0.39, 0.29) is 5.60 Å². The van der Waals surface area contributed by atoms with E-state index < -0.39 is 0 Å². The first-order chi connectivity index (χ1) is 4.77. The van der Waals surface area contributed by atoms with Crippen molar-refractivity contribution >= 4 is 0 Å². The highest BCUT2D eigenvalue weighted by Gasteiger charge is 2.38. The van der Waals surface area contributed by atoms with Crippen LogP contribution in [-0.4, -0.2) is 18.8 Å². The van der Waals surface area contributed by atoms with Gasteiger partial charge in [0.1, 0.15) is 0 Å². The van der Waals surface area contributed by atoms with Gasteiger partial charge < -0.3 is 9.47 Å². The van der Waals surface area contributed by atoms with Gasteiger partial charge in [0.2, 0.25) is 0 Å². The highest BCUT2D eigenvalue weighted by molar-refractivity contribution is 4.86. The molecule has 1 heterocycles. The molecule has 58 valence electrons. The molecule has 0 aromatic carbocycles. The monoisotopic (exact) mass is 142 g/mol. The zero-order valence-corrected chi connectivity index (χ0v) is 6.43. The second-order valence-corrected chi connectivity index (χ2v) is 2.88. The van der Waals surface area contributed by atoms with Gasteiger partial charge in [-0.2, -0.15) is 0 Å². The van der Waals surface area contributed by atoms with Gasteiger partial charge in [-0.25, -0.2) is 0 Å². The van der Waals surface area contributed by atoms with E-state index in [9.17, 15) is 0 Å². The number of rotatable bonds is 5. The number of epoxide rings is 1. The summed E-state index contributed by atoms with van der Waals surface area (Å²) in [6.45, 7) is 7.27. The maximum absolute atomic E-state index is 5.19. The maximum Gasteiger partial charge on any atom is 0.0889 e. The first-order valence-corrected chi connectivity index (χ1v) is 3.63. The van der Waals surface area contributed by atoms with E-state index in [0.29, 0.717) is 0 Å². The van der Waals surface area contributed by atoms with Crippen LogP contribution >= 0.6 is 0 Å². The Labute approximate surface area is 61.8 Å². The fourth-order valence-corrected chi connectivity index (χ4v) is 0.880. The van der Waals surface area contributed by atoms with Crippen LogP contribution in [0.1, 0.15) is 19.8 Å². The van der Waals surface area contributed by atoms with E-state index >= 15 is 0 Å². The third-order valence-electron chi connectivity index (χ3n) is 1.72. The third-order valence-corrected chi connectivity index (χ3v) is 1.72. The molecule has 0 aromatic rings. The van der Waals surface area contributed by atoms with Gasteiger partial charge in [-0.05, 0) is 19.8 Å². The molecule has 0 aromatic heterocycles. The fourth-order valence-electron chi connectivity index (χ4n) is 0.880. The lowest BCUT2D eigenvalue weighted by atomic mass is 10.1. The van der Waals surface area contributed by atoms with Crippen LogP contribution < -0.4 is 0 Å². The van der Waals surface area contributed by atoms with Crippen molar-refractivity contribution in [2.24, 2.45) is 0 Å². The Morgan fingerprint density at radius 2 is 2.50 bits per heavy atom. The molecule has 1 atom stereocenters. The highest BCUT2D eigenvalue weighted by Crippen LogP contribution is 2.30. The molecule has 1 fully saturated rings. The summed E-state index contributed by atoms with van der Waals surface area (Å²) in [5.74, 6) is 0. The average molecular weight is 142 g/mol. The summed E-state index contributed by atoms with van der Waals surface area (Å²) in [4.78, 5) is 0. The van der Waals surface area contributed by atoms with Crippen molar-refractivity contribution in [1.29, 1.82) is 0 Å². The van der Waals surface area contributed by atoms with Gasteiger partial charge in [-0.1, -0.05) is 6.58 Å². The van der Waals surface area contributed by atoms with Gasteiger partial charge in [0.05, 0.1) is 25.1 Å². The van der Waals surface area contributed by atoms with Crippen molar-refractivity contribution in [3.05, 3.63) is 12.8 Å². The van der Waals surface area contributed by atoms with Crippen molar-refractivity contribution < 1.29 is 9.47 Å². The minimum absolute atomic E-state index is 0.185.